The molecule has 0 unspecified atom stereocenters. The average Bonchev–Trinajstić information content (AvgIpc) is 2.41. The molecule has 0 atom stereocenters. The van der Waals surface area contributed by atoms with Crippen LogP contribution in [0.3, 0.4) is 0 Å². The van der Waals surface area contributed by atoms with Crippen molar-refractivity contribution in [1.82, 2.24) is 14.8 Å². The van der Waals surface area contributed by atoms with E-state index in [9.17, 15) is 0 Å². The Morgan fingerprint density at radius 1 is 1.60 bits per heavy atom. The second-order valence-electron chi connectivity index (χ2n) is 1.67. The Morgan fingerprint density at radius 2 is 2.50 bits per heavy atom. The maximum atomic E-state index is 8.41. The molecule has 0 amide bonds. The molecule has 5 nitrogen and oxygen atoms in total. The Morgan fingerprint density at radius 3 is 3.10 bits per heavy atom. The van der Waals surface area contributed by atoms with E-state index in [0.29, 0.717) is 11.7 Å². The minimum absolute atomic E-state index is 0.194. The Labute approximate surface area is 62.2 Å². The van der Waals surface area contributed by atoms with E-state index in [1.807, 2.05) is 0 Å². The van der Waals surface area contributed by atoms with Gasteiger partial charge in [-0.25, -0.2) is 0 Å². The molecule has 56 valence electrons. The highest BCUT2D eigenvalue weighted by atomic mass is 32.1. The number of anilines is 1. The molecule has 0 aliphatic heterocycles. The lowest BCUT2D eigenvalue weighted by atomic mass is 10.5. The molecule has 1 aromatic rings. The number of nitrogens with one attached hydrogen (secondary N) is 1. The smallest absolute Gasteiger partial charge is 0.225 e. The van der Waals surface area contributed by atoms with E-state index < -0.39 is 0 Å². The van der Waals surface area contributed by atoms with Gasteiger partial charge in [-0.15, -0.1) is 0 Å². The molecule has 0 bridgehead atoms. The van der Waals surface area contributed by atoms with Gasteiger partial charge < -0.3 is 10.4 Å². The molecule has 0 aliphatic rings. The lowest BCUT2D eigenvalue weighted by molar-refractivity contribution is 0.292. The van der Waals surface area contributed by atoms with Crippen LogP contribution in [-0.4, -0.2) is 33.1 Å². The van der Waals surface area contributed by atoms with Crippen molar-refractivity contribution in [3.8, 4) is 0 Å². The van der Waals surface area contributed by atoms with E-state index in [1.54, 1.807) is 0 Å². The zero-order valence-corrected chi connectivity index (χ0v) is 6.13. The van der Waals surface area contributed by atoms with Crippen molar-refractivity contribution in [2.75, 3.05) is 18.5 Å². The van der Waals surface area contributed by atoms with Crippen molar-refractivity contribution in [2.45, 2.75) is 6.42 Å². The van der Waals surface area contributed by atoms with Crippen LogP contribution in [0.5, 0.6) is 0 Å². The molecule has 0 aromatic carbocycles. The summed E-state index contributed by atoms with van der Waals surface area (Å²) in [6.07, 6.45) is 0.722. The standard InChI is InChI=1S/C4H8N4OS/c9-3-1-2-5-4-6-7-8-10-4/h9H,1-3H2,(H,5,6,8). The van der Waals surface area contributed by atoms with Gasteiger partial charge in [-0.05, 0) is 11.6 Å². The Kier molecular flexibility index (Phi) is 3.04. The van der Waals surface area contributed by atoms with Crippen LogP contribution in [0.4, 0.5) is 5.13 Å². The normalized spacial score (nSPS) is 9.70. The van der Waals surface area contributed by atoms with Gasteiger partial charge in [-0.3, -0.25) is 0 Å². The monoisotopic (exact) mass is 160 g/mol. The molecular formula is C4H8N4OS. The summed E-state index contributed by atoms with van der Waals surface area (Å²) in [6, 6.07) is 0. The highest BCUT2D eigenvalue weighted by Gasteiger charge is 1.93. The van der Waals surface area contributed by atoms with Crippen LogP contribution < -0.4 is 5.32 Å². The predicted octanol–water partition coefficient (Wildman–Crippen LogP) is -0.273. The molecule has 10 heavy (non-hydrogen) atoms. The van der Waals surface area contributed by atoms with Crippen LogP contribution >= 0.6 is 11.5 Å². The fraction of sp³-hybridized carbons (Fsp3) is 0.750. The van der Waals surface area contributed by atoms with Gasteiger partial charge in [-0.2, -0.15) is 0 Å². The number of aliphatic hydroxyl groups excluding tert-OH is 1. The van der Waals surface area contributed by atoms with Crippen molar-refractivity contribution in [1.29, 1.82) is 0 Å². The van der Waals surface area contributed by atoms with Gasteiger partial charge in [0, 0.05) is 24.7 Å². The first-order chi connectivity index (χ1) is 4.93. The Bertz CT molecular complexity index is 166. The third-order valence-electron chi connectivity index (χ3n) is 0.910. The summed E-state index contributed by atoms with van der Waals surface area (Å²) in [5.41, 5.74) is 0. The molecule has 2 N–H and O–H groups in total. The molecule has 0 spiro atoms. The number of hydrogen-bond donors (Lipinski definition) is 2. The van der Waals surface area contributed by atoms with Gasteiger partial charge in [0.15, 0.2) is 0 Å². The molecule has 1 heterocycles. The average molecular weight is 160 g/mol. The highest BCUT2D eigenvalue weighted by Crippen LogP contribution is 2.03. The first kappa shape index (κ1) is 7.36. The zero-order chi connectivity index (χ0) is 7.23. The molecular weight excluding hydrogens is 152 g/mol. The van der Waals surface area contributed by atoms with Gasteiger partial charge in [-0.1, -0.05) is 9.59 Å². The molecule has 1 rings (SSSR count). The molecule has 0 saturated carbocycles. The maximum absolute atomic E-state index is 8.41. The Hall–Kier alpha value is -0.750. The number of nitrogens with zero attached hydrogens (tertiary/aromatic N) is 3. The first-order valence-corrected chi connectivity index (χ1v) is 3.70. The predicted molar refractivity (Wildman–Crippen MR) is 37.9 cm³/mol. The minimum Gasteiger partial charge on any atom is -0.396 e. The third kappa shape index (κ3) is 2.24. The van der Waals surface area contributed by atoms with Gasteiger partial charge in [0.05, 0.1) is 0 Å². The van der Waals surface area contributed by atoms with E-state index >= 15 is 0 Å². The van der Waals surface area contributed by atoms with E-state index in [4.69, 9.17) is 5.11 Å². The van der Waals surface area contributed by atoms with Crippen LogP contribution in [0.15, 0.2) is 0 Å². The maximum Gasteiger partial charge on any atom is 0.225 e. The van der Waals surface area contributed by atoms with Crippen molar-refractivity contribution < 1.29 is 5.11 Å². The molecule has 0 aliphatic carbocycles. The third-order valence-corrected chi connectivity index (χ3v) is 1.46. The number of aromatic nitrogens is 3. The van der Waals surface area contributed by atoms with E-state index in [1.165, 1.54) is 11.5 Å². The van der Waals surface area contributed by atoms with Gasteiger partial charge in [0.2, 0.25) is 5.13 Å². The number of hydrogen-bond acceptors (Lipinski definition) is 6. The summed E-state index contributed by atoms with van der Waals surface area (Å²) in [7, 11) is 0. The second kappa shape index (κ2) is 4.13. The largest absolute Gasteiger partial charge is 0.396 e. The SMILES string of the molecule is OCCCNc1nnns1. The fourth-order valence-electron chi connectivity index (χ4n) is 0.476. The minimum atomic E-state index is 0.194. The number of aliphatic hydroxyl groups is 1. The van der Waals surface area contributed by atoms with E-state index in [2.05, 4.69) is 20.1 Å². The van der Waals surface area contributed by atoms with Crippen LogP contribution in [0.1, 0.15) is 6.42 Å². The van der Waals surface area contributed by atoms with Crippen LogP contribution in [-0.2, 0) is 0 Å². The lowest BCUT2D eigenvalue weighted by Crippen LogP contribution is -2.02. The van der Waals surface area contributed by atoms with Crippen LogP contribution in [0.25, 0.3) is 0 Å². The van der Waals surface area contributed by atoms with E-state index in [0.717, 1.165) is 6.42 Å². The van der Waals surface area contributed by atoms with Crippen molar-refractivity contribution in [3.63, 3.8) is 0 Å². The van der Waals surface area contributed by atoms with Gasteiger partial charge in [0.1, 0.15) is 0 Å². The van der Waals surface area contributed by atoms with Gasteiger partial charge in [0.25, 0.3) is 0 Å². The summed E-state index contributed by atoms with van der Waals surface area (Å²) in [6.45, 7) is 0.909. The van der Waals surface area contributed by atoms with Crippen LogP contribution in [0, 0.1) is 0 Å². The highest BCUT2D eigenvalue weighted by molar-refractivity contribution is 7.09. The van der Waals surface area contributed by atoms with E-state index in [-0.39, 0.29) is 6.61 Å². The van der Waals surface area contributed by atoms with Crippen molar-refractivity contribution >= 4 is 16.7 Å². The molecule has 1 aromatic heterocycles. The zero-order valence-electron chi connectivity index (χ0n) is 5.32. The Balaban J connectivity index is 2.15. The summed E-state index contributed by atoms with van der Waals surface area (Å²) in [4.78, 5) is 0. The molecule has 6 heteroatoms. The summed E-state index contributed by atoms with van der Waals surface area (Å²) in [5, 5.41) is 19.1. The fourth-order valence-corrected chi connectivity index (χ4v) is 0.866. The number of rotatable bonds is 4. The quantitative estimate of drug-likeness (QED) is 0.593. The molecule has 0 fully saturated rings. The summed E-state index contributed by atoms with van der Waals surface area (Å²) >= 11 is 1.21. The molecule has 0 saturated heterocycles. The first-order valence-electron chi connectivity index (χ1n) is 2.93. The molecule has 0 radical (unpaired) electrons. The second-order valence-corrected chi connectivity index (χ2v) is 2.40. The van der Waals surface area contributed by atoms with Crippen LogP contribution in [0.2, 0.25) is 0 Å². The summed E-state index contributed by atoms with van der Waals surface area (Å²) < 4.78 is 3.56. The lowest BCUT2D eigenvalue weighted by Gasteiger charge is -1.95. The summed E-state index contributed by atoms with van der Waals surface area (Å²) in [5.74, 6) is 0. The van der Waals surface area contributed by atoms with Gasteiger partial charge >= 0.3 is 0 Å². The van der Waals surface area contributed by atoms with Crippen molar-refractivity contribution in [3.05, 3.63) is 0 Å². The topological polar surface area (TPSA) is 70.9 Å². The van der Waals surface area contributed by atoms with Crippen molar-refractivity contribution in [2.24, 2.45) is 0 Å².